The summed E-state index contributed by atoms with van der Waals surface area (Å²) in [5, 5.41) is 7.97. The Kier molecular flexibility index (Phi) is 4.95. The standard InChI is InChI=1S/C16H20N6O2/c1-11(2)7-13-18-14(23-20-13)9-22(3)10-15-19-16(21-24-15)12-5-4-6-17-8-12/h4-6,8,11H,7,9-10H2,1-3H3. The van der Waals surface area contributed by atoms with Gasteiger partial charge < -0.3 is 9.05 Å². The van der Waals surface area contributed by atoms with Gasteiger partial charge in [0.2, 0.25) is 17.6 Å². The Bertz CT molecular complexity index is 768. The van der Waals surface area contributed by atoms with Crippen LogP contribution in [-0.4, -0.2) is 37.2 Å². The molecule has 8 nitrogen and oxygen atoms in total. The van der Waals surface area contributed by atoms with Gasteiger partial charge in [0.1, 0.15) is 0 Å². The first-order valence-corrected chi connectivity index (χ1v) is 7.83. The third kappa shape index (κ3) is 4.23. The van der Waals surface area contributed by atoms with Gasteiger partial charge in [0.05, 0.1) is 13.1 Å². The number of hydrogen-bond acceptors (Lipinski definition) is 8. The monoisotopic (exact) mass is 328 g/mol. The molecule has 0 aliphatic heterocycles. The van der Waals surface area contributed by atoms with Gasteiger partial charge in [-0.15, -0.1) is 0 Å². The molecular formula is C16H20N6O2. The van der Waals surface area contributed by atoms with Crippen molar-refractivity contribution in [1.82, 2.24) is 30.2 Å². The Labute approximate surface area is 139 Å². The summed E-state index contributed by atoms with van der Waals surface area (Å²) in [4.78, 5) is 14.8. The zero-order valence-corrected chi connectivity index (χ0v) is 14.0. The molecule has 0 spiro atoms. The highest BCUT2D eigenvalue weighted by Gasteiger charge is 2.14. The highest BCUT2D eigenvalue weighted by atomic mass is 16.5. The van der Waals surface area contributed by atoms with Crippen molar-refractivity contribution in [3.05, 3.63) is 42.1 Å². The predicted octanol–water partition coefficient (Wildman–Crippen LogP) is 2.35. The fourth-order valence-electron chi connectivity index (χ4n) is 2.25. The summed E-state index contributed by atoms with van der Waals surface area (Å²) >= 11 is 0. The minimum absolute atomic E-state index is 0.495. The highest BCUT2D eigenvalue weighted by Crippen LogP contribution is 2.15. The number of pyridine rings is 1. The van der Waals surface area contributed by atoms with Crippen molar-refractivity contribution in [1.29, 1.82) is 0 Å². The number of rotatable bonds is 7. The van der Waals surface area contributed by atoms with Crippen molar-refractivity contribution in [3.8, 4) is 11.4 Å². The summed E-state index contributed by atoms with van der Waals surface area (Å²) < 4.78 is 10.6. The van der Waals surface area contributed by atoms with E-state index in [-0.39, 0.29) is 0 Å². The Balaban J connectivity index is 1.58. The molecule has 0 saturated carbocycles. The van der Waals surface area contributed by atoms with Crippen LogP contribution in [0.15, 0.2) is 33.6 Å². The number of hydrogen-bond donors (Lipinski definition) is 0. The molecule has 3 rings (SSSR count). The van der Waals surface area contributed by atoms with Crippen LogP contribution in [0.5, 0.6) is 0 Å². The Morgan fingerprint density at radius 3 is 2.54 bits per heavy atom. The fourth-order valence-corrected chi connectivity index (χ4v) is 2.25. The van der Waals surface area contributed by atoms with E-state index in [4.69, 9.17) is 9.05 Å². The van der Waals surface area contributed by atoms with E-state index in [2.05, 4.69) is 39.1 Å². The van der Waals surface area contributed by atoms with Crippen LogP contribution in [-0.2, 0) is 19.5 Å². The van der Waals surface area contributed by atoms with Crippen molar-refractivity contribution < 1.29 is 9.05 Å². The van der Waals surface area contributed by atoms with Crippen LogP contribution in [0.25, 0.3) is 11.4 Å². The van der Waals surface area contributed by atoms with Crippen molar-refractivity contribution in [3.63, 3.8) is 0 Å². The molecule has 0 saturated heterocycles. The predicted molar refractivity (Wildman–Crippen MR) is 85.5 cm³/mol. The van der Waals surface area contributed by atoms with Crippen LogP contribution >= 0.6 is 0 Å². The van der Waals surface area contributed by atoms with Gasteiger partial charge in [-0.3, -0.25) is 9.88 Å². The molecule has 3 aromatic heterocycles. The lowest BCUT2D eigenvalue weighted by Gasteiger charge is -2.10. The zero-order valence-electron chi connectivity index (χ0n) is 14.0. The van der Waals surface area contributed by atoms with Gasteiger partial charge in [0.25, 0.3) is 0 Å². The van der Waals surface area contributed by atoms with E-state index >= 15 is 0 Å². The Morgan fingerprint density at radius 2 is 1.83 bits per heavy atom. The maximum absolute atomic E-state index is 5.29. The van der Waals surface area contributed by atoms with Crippen LogP contribution in [0, 0.1) is 5.92 Å². The van der Waals surface area contributed by atoms with E-state index in [1.807, 2.05) is 24.1 Å². The van der Waals surface area contributed by atoms with Crippen molar-refractivity contribution in [2.75, 3.05) is 7.05 Å². The molecule has 0 radical (unpaired) electrons. The summed E-state index contributed by atoms with van der Waals surface area (Å²) in [5.41, 5.74) is 0.824. The van der Waals surface area contributed by atoms with Crippen molar-refractivity contribution in [2.24, 2.45) is 5.92 Å². The van der Waals surface area contributed by atoms with Gasteiger partial charge in [0, 0.05) is 24.4 Å². The summed E-state index contributed by atoms with van der Waals surface area (Å²) in [6, 6.07) is 3.72. The lowest BCUT2D eigenvalue weighted by atomic mass is 10.1. The first-order valence-electron chi connectivity index (χ1n) is 7.83. The molecular weight excluding hydrogens is 308 g/mol. The SMILES string of the molecule is CC(C)Cc1noc(CN(C)Cc2nc(-c3cccnc3)no2)n1. The maximum atomic E-state index is 5.29. The van der Waals surface area contributed by atoms with Crippen LogP contribution in [0.1, 0.15) is 31.5 Å². The van der Waals surface area contributed by atoms with E-state index < -0.39 is 0 Å². The largest absolute Gasteiger partial charge is 0.338 e. The quantitative estimate of drug-likeness (QED) is 0.652. The van der Waals surface area contributed by atoms with Gasteiger partial charge in [-0.1, -0.05) is 24.2 Å². The van der Waals surface area contributed by atoms with Gasteiger partial charge in [-0.05, 0) is 25.1 Å². The molecule has 0 aliphatic carbocycles. The van der Waals surface area contributed by atoms with Gasteiger partial charge in [0.15, 0.2) is 5.82 Å². The Morgan fingerprint density at radius 1 is 1.08 bits per heavy atom. The van der Waals surface area contributed by atoms with E-state index in [0.717, 1.165) is 17.8 Å². The van der Waals surface area contributed by atoms with E-state index in [9.17, 15) is 0 Å². The molecule has 24 heavy (non-hydrogen) atoms. The van der Waals surface area contributed by atoms with Crippen LogP contribution in [0.2, 0.25) is 0 Å². The second-order valence-electron chi connectivity index (χ2n) is 6.13. The molecule has 0 atom stereocenters. The average molecular weight is 328 g/mol. The van der Waals surface area contributed by atoms with Crippen LogP contribution < -0.4 is 0 Å². The van der Waals surface area contributed by atoms with Crippen molar-refractivity contribution in [2.45, 2.75) is 33.4 Å². The summed E-state index contributed by atoms with van der Waals surface area (Å²) in [6.45, 7) is 5.26. The lowest BCUT2D eigenvalue weighted by Crippen LogP contribution is -2.17. The van der Waals surface area contributed by atoms with Crippen molar-refractivity contribution >= 4 is 0 Å². The summed E-state index contributed by atoms with van der Waals surface area (Å²) in [6.07, 6.45) is 4.22. The van der Waals surface area contributed by atoms with E-state index in [1.54, 1.807) is 12.4 Å². The molecule has 0 unspecified atom stereocenters. The molecule has 3 aromatic rings. The second-order valence-corrected chi connectivity index (χ2v) is 6.13. The highest BCUT2D eigenvalue weighted by molar-refractivity contribution is 5.51. The first kappa shape index (κ1) is 16.3. The molecule has 0 aliphatic rings. The van der Waals surface area contributed by atoms with Gasteiger partial charge in [-0.25, -0.2) is 0 Å². The van der Waals surface area contributed by atoms with Crippen LogP contribution in [0.3, 0.4) is 0 Å². The average Bonchev–Trinajstić information content (AvgIpc) is 3.17. The zero-order chi connectivity index (χ0) is 16.9. The molecule has 8 heteroatoms. The van der Waals surface area contributed by atoms with Crippen LogP contribution in [0.4, 0.5) is 0 Å². The molecule has 0 aromatic carbocycles. The first-order chi connectivity index (χ1) is 11.6. The molecule has 0 amide bonds. The molecule has 0 bridgehead atoms. The number of nitrogens with zero attached hydrogens (tertiary/aromatic N) is 6. The van der Waals surface area contributed by atoms with Gasteiger partial charge in [-0.2, -0.15) is 9.97 Å². The van der Waals surface area contributed by atoms with E-state index in [0.29, 0.717) is 36.6 Å². The smallest absolute Gasteiger partial charge is 0.241 e. The molecule has 3 heterocycles. The normalized spacial score (nSPS) is 11.5. The summed E-state index contributed by atoms with van der Waals surface area (Å²) in [7, 11) is 1.93. The van der Waals surface area contributed by atoms with Gasteiger partial charge >= 0.3 is 0 Å². The molecule has 0 N–H and O–H groups in total. The lowest BCUT2D eigenvalue weighted by molar-refractivity contribution is 0.229. The second kappa shape index (κ2) is 7.31. The topological polar surface area (TPSA) is 94.0 Å². The third-order valence-electron chi connectivity index (χ3n) is 3.30. The minimum atomic E-state index is 0.495. The molecule has 0 fully saturated rings. The van der Waals surface area contributed by atoms with E-state index in [1.165, 1.54) is 0 Å². The fraction of sp³-hybridized carbons (Fsp3) is 0.438. The third-order valence-corrected chi connectivity index (χ3v) is 3.30. The summed E-state index contributed by atoms with van der Waals surface area (Å²) in [5.74, 6) is 2.88. The Hall–Kier alpha value is -2.61. The number of aromatic nitrogens is 5. The molecule has 126 valence electrons. The minimum Gasteiger partial charge on any atom is -0.338 e. The maximum Gasteiger partial charge on any atom is 0.241 e.